The molecule has 1 heterocycles. The summed E-state index contributed by atoms with van der Waals surface area (Å²) in [5, 5.41) is 0. The fourth-order valence-electron chi connectivity index (χ4n) is 0.994. The minimum absolute atomic E-state index is 0.585. The SMILES string of the molecule is CCCO/C=C/c1cnc(OC)c(Br)c1. The molecule has 0 amide bonds. The highest BCUT2D eigenvalue weighted by Gasteiger charge is 2.00. The van der Waals surface area contributed by atoms with Gasteiger partial charge in [0.15, 0.2) is 0 Å². The lowest BCUT2D eigenvalue weighted by Gasteiger charge is -2.02. The van der Waals surface area contributed by atoms with E-state index in [1.54, 1.807) is 19.6 Å². The van der Waals surface area contributed by atoms with Crippen LogP contribution in [0.2, 0.25) is 0 Å². The maximum Gasteiger partial charge on any atom is 0.227 e. The molecule has 0 bridgehead atoms. The molecule has 82 valence electrons. The van der Waals surface area contributed by atoms with E-state index in [0.29, 0.717) is 5.88 Å². The molecule has 1 aromatic heterocycles. The van der Waals surface area contributed by atoms with Gasteiger partial charge < -0.3 is 9.47 Å². The highest BCUT2D eigenvalue weighted by molar-refractivity contribution is 9.10. The van der Waals surface area contributed by atoms with Crippen LogP contribution in [0, 0.1) is 0 Å². The van der Waals surface area contributed by atoms with Crippen LogP contribution in [0.15, 0.2) is 23.0 Å². The van der Waals surface area contributed by atoms with Crippen LogP contribution in [0.25, 0.3) is 6.08 Å². The molecule has 0 radical (unpaired) electrons. The van der Waals surface area contributed by atoms with Crippen molar-refractivity contribution < 1.29 is 9.47 Å². The Hall–Kier alpha value is -1.03. The number of rotatable bonds is 5. The number of nitrogens with zero attached hydrogens (tertiary/aromatic N) is 1. The molecule has 0 saturated carbocycles. The van der Waals surface area contributed by atoms with Gasteiger partial charge in [0.1, 0.15) is 0 Å². The molecule has 15 heavy (non-hydrogen) atoms. The minimum atomic E-state index is 0.585. The summed E-state index contributed by atoms with van der Waals surface area (Å²) in [6.45, 7) is 2.81. The van der Waals surface area contributed by atoms with Crippen LogP contribution in [-0.4, -0.2) is 18.7 Å². The largest absolute Gasteiger partial charge is 0.501 e. The number of aromatic nitrogens is 1. The van der Waals surface area contributed by atoms with E-state index < -0.39 is 0 Å². The summed E-state index contributed by atoms with van der Waals surface area (Å²) in [5.41, 5.74) is 0.971. The first-order chi connectivity index (χ1) is 7.27. The Kier molecular flexibility index (Phi) is 5.18. The van der Waals surface area contributed by atoms with E-state index in [0.717, 1.165) is 23.1 Å². The second-order valence-electron chi connectivity index (χ2n) is 2.93. The summed E-state index contributed by atoms with van der Waals surface area (Å²) in [7, 11) is 1.59. The second-order valence-corrected chi connectivity index (χ2v) is 3.79. The molecule has 0 spiro atoms. The summed E-state index contributed by atoms with van der Waals surface area (Å²) in [6, 6.07) is 1.93. The van der Waals surface area contributed by atoms with E-state index in [9.17, 15) is 0 Å². The average Bonchev–Trinajstić information content (AvgIpc) is 2.25. The molecule has 4 heteroatoms. The molecule has 0 N–H and O–H groups in total. The molecule has 1 aromatic rings. The Morgan fingerprint density at radius 1 is 1.53 bits per heavy atom. The Bertz CT molecular complexity index is 339. The van der Waals surface area contributed by atoms with Crippen LogP contribution >= 0.6 is 15.9 Å². The zero-order valence-corrected chi connectivity index (χ0v) is 10.5. The molecule has 0 atom stereocenters. The van der Waals surface area contributed by atoms with Crippen LogP contribution in [-0.2, 0) is 4.74 Å². The molecule has 0 aliphatic rings. The first-order valence-corrected chi connectivity index (χ1v) is 5.55. The van der Waals surface area contributed by atoms with E-state index in [4.69, 9.17) is 9.47 Å². The lowest BCUT2D eigenvalue weighted by atomic mass is 10.3. The Labute approximate surface area is 98.2 Å². The standard InChI is InChI=1S/C11H14BrNO2/c1-3-5-15-6-4-9-7-10(12)11(14-2)13-8-9/h4,6-8H,3,5H2,1-2H3/b6-4+. The lowest BCUT2D eigenvalue weighted by molar-refractivity contribution is 0.252. The normalized spacial score (nSPS) is 10.6. The van der Waals surface area contributed by atoms with Crippen molar-refractivity contribution in [1.82, 2.24) is 4.98 Å². The van der Waals surface area contributed by atoms with Crippen LogP contribution in [0.5, 0.6) is 5.88 Å². The zero-order valence-electron chi connectivity index (χ0n) is 8.87. The molecule has 0 aliphatic carbocycles. The molecule has 0 saturated heterocycles. The summed E-state index contributed by atoms with van der Waals surface area (Å²) in [5.74, 6) is 0.585. The number of pyridine rings is 1. The Morgan fingerprint density at radius 3 is 2.93 bits per heavy atom. The van der Waals surface area contributed by atoms with Gasteiger partial charge in [-0.3, -0.25) is 0 Å². The van der Waals surface area contributed by atoms with Gasteiger partial charge in [0.05, 0.1) is 24.5 Å². The van der Waals surface area contributed by atoms with Crippen LogP contribution < -0.4 is 4.74 Å². The predicted octanol–water partition coefficient (Wildman–Crippen LogP) is 3.25. The van der Waals surface area contributed by atoms with Gasteiger partial charge in [-0.05, 0) is 40.1 Å². The fraction of sp³-hybridized carbons (Fsp3) is 0.364. The number of methoxy groups -OCH3 is 1. The minimum Gasteiger partial charge on any atom is -0.501 e. The van der Waals surface area contributed by atoms with Crippen LogP contribution in [0.4, 0.5) is 0 Å². The van der Waals surface area contributed by atoms with Crippen molar-refractivity contribution in [3.05, 3.63) is 28.6 Å². The van der Waals surface area contributed by atoms with Gasteiger partial charge in [0.2, 0.25) is 5.88 Å². The topological polar surface area (TPSA) is 31.4 Å². The molecule has 0 aromatic carbocycles. The number of hydrogen-bond donors (Lipinski definition) is 0. The quantitative estimate of drug-likeness (QED) is 0.609. The summed E-state index contributed by atoms with van der Waals surface area (Å²) in [6.07, 6.45) is 6.29. The van der Waals surface area contributed by atoms with Crippen molar-refractivity contribution in [3.63, 3.8) is 0 Å². The fourth-order valence-corrected chi connectivity index (χ4v) is 1.52. The number of hydrogen-bond acceptors (Lipinski definition) is 3. The van der Waals surface area contributed by atoms with E-state index in [1.807, 2.05) is 12.1 Å². The molecular weight excluding hydrogens is 258 g/mol. The monoisotopic (exact) mass is 271 g/mol. The molecule has 3 nitrogen and oxygen atoms in total. The van der Waals surface area contributed by atoms with Gasteiger partial charge in [0, 0.05) is 6.20 Å². The van der Waals surface area contributed by atoms with E-state index in [2.05, 4.69) is 27.8 Å². The average molecular weight is 272 g/mol. The van der Waals surface area contributed by atoms with Gasteiger partial charge in [-0.25, -0.2) is 4.98 Å². The molecule has 0 fully saturated rings. The molecular formula is C11H14BrNO2. The lowest BCUT2D eigenvalue weighted by Crippen LogP contribution is -1.89. The maximum absolute atomic E-state index is 5.23. The Balaban J connectivity index is 2.63. The number of ether oxygens (including phenoxy) is 2. The number of halogens is 1. The summed E-state index contributed by atoms with van der Waals surface area (Å²) in [4.78, 5) is 4.12. The van der Waals surface area contributed by atoms with Gasteiger partial charge in [-0.15, -0.1) is 0 Å². The van der Waals surface area contributed by atoms with E-state index in [-0.39, 0.29) is 0 Å². The Morgan fingerprint density at radius 2 is 2.33 bits per heavy atom. The van der Waals surface area contributed by atoms with Crippen molar-refractivity contribution in [2.75, 3.05) is 13.7 Å². The molecule has 0 aliphatic heterocycles. The van der Waals surface area contributed by atoms with Gasteiger partial charge in [0.25, 0.3) is 0 Å². The first kappa shape index (κ1) is 12.0. The van der Waals surface area contributed by atoms with Crippen LogP contribution in [0.3, 0.4) is 0 Å². The maximum atomic E-state index is 5.23. The van der Waals surface area contributed by atoms with E-state index in [1.165, 1.54) is 0 Å². The second kappa shape index (κ2) is 6.45. The van der Waals surface area contributed by atoms with Crippen LogP contribution in [0.1, 0.15) is 18.9 Å². The van der Waals surface area contributed by atoms with Crippen molar-refractivity contribution in [2.45, 2.75) is 13.3 Å². The summed E-state index contributed by atoms with van der Waals surface area (Å²) >= 11 is 3.37. The molecule has 1 rings (SSSR count). The predicted molar refractivity (Wildman–Crippen MR) is 63.8 cm³/mol. The third kappa shape index (κ3) is 3.91. The first-order valence-electron chi connectivity index (χ1n) is 4.75. The van der Waals surface area contributed by atoms with E-state index >= 15 is 0 Å². The van der Waals surface area contributed by atoms with Crippen molar-refractivity contribution in [1.29, 1.82) is 0 Å². The molecule has 0 unspecified atom stereocenters. The smallest absolute Gasteiger partial charge is 0.227 e. The van der Waals surface area contributed by atoms with Crippen molar-refractivity contribution in [2.24, 2.45) is 0 Å². The third-order valence-corrected chi connectivity index (χ3v) is 2.27. The summed E-state index contributed by atoms with van der Waals surface area (Å²) < 4.78 is 11.1. The highest BCUT2D eigenvalue weighted by atomic mass is 79.9. The van der Waals surface area contributed by atoms with Gasteiger partial charge in [-0.2, -0.15) is 0 Å². The highest BCUT2D eigenvalue weighted by Crippen LogP contribution is 2.22. The zero-order chi connectivity index (χ0) is 11.1. The van der Waals surface area contributed by atoms with Gasteiger partial charge >= 0.3 is 0 Å². The van der Waals surface area contributed by atoms with Crippen molar-refractivity contribution in [3.8, 4) is 5.88 Å². The van der Waals surface area contributed by atoms with Gasteiger partial charge in [-0.1, -0.05) is 6.92 Å². The third-order valence-electron chi connectivity index (χ3n) is 1.70. The van der Waals surface area contributed by atoms with Crippen molar-refractivity contribution >= 4 is 22.0 Å².